The second-order valence-electron chi connectivity index (χ2n) is 10.0. The lowest BCUT2D eigenvalue weighted by Gasteiger charge is -2.32. The molecule has 3 aromatic rings. The molecular weight excluding hydrogens is 561 g/mol. The molecule has 42 heavy (non-hydrogen) atoms. The van der Waals surface area contributed by atoms with Gasteiger partial charge in [0.1, 0.15) is 25.1 Å². The van der Waals surface area contributed by atoms with Crippen LogP contribution in [0.15, 0.2) is 72.8 Å². The van der Waals surface area contributed by atoms with Crippen LogP contribution in [0.4, 0.5) is 10.1 Å². The molecule has 3 aromatic carbocycles. The average molecular weight is 598 g/mol. The molecule has 1 N–H and O–H groups in total. The van der Waals surface area contributed by atoms with Crippen molar-refractivity contribution in [3.63, 3.8) is 0 Å². The van der Waals surface area contributed by atoms with Crippen LogP contribution in [0, 0.1) is 5.82 Å². The number of likely N-dealkylation sites (N-methyl/N-ethyl adjacent to an activating group) is 1. The van der Waals surface area contributed by atoms with Crippen LogP contribution in [0.25, 0.3) is 0 Å². The van der Waals surface area contributed by atoms with Gasteiger partial charge in [-0.25, -0.2) is 12.8 Å². The third-order valence-electron chi connectivity index (χ3n) is 6.85. The number of amides is 2. The van der Waals surface area contributed by atoms with E-state index < -0.39 is 21.9 Å². The summed E-state index contributed by atoms with van der Waals surface area (Å²) in [5.74, 6) is -0.0197. The topological polar surface area (TPSA) is 105 Å². The Morgan fingerprint density at radius 3 is 2.31 bits per heavy atom. The summed E-state index contributed by atoms with van der Waals surface area (Å²) in [7, 11) is -3.68. The summed E-state index contributed by atoms with van der Waals surface area (Å²) in [6.07, 6.45) is 1.58. The lowest BCUT2D eigenvalue weighted by atomic mass is 10.0. The summed E-state index contributed by atoms with van der Waals surface area (Å²) in [5, 5.41) is 2.83. The van der Waals surface area contributed by atoms with Gasteiger partial charge in [-0.15, -0.1) is 0 Å². The van der Waals surface area contributed by atoms with Crippen LogP contribution in [0.5, 0.6) is 11.5 Å². The van der Waals surface area contributed by atoms with Crippen LogP contribution >= 0.6 is 0 Å². The molecule has 4 rings (SSSR count). The fraction of sp³-hybridized carbons (Fsp3) is 0.355. The first-order valence-corrected chi connectivity index (χ1v) is 15.7. The molecule has 2 amide bonds. The molecule has 0 aliphatic carbocycles. The summed E-state index contributed by atoms with van der Waals surface area (Å²) in [5.41, 5.74) is 1.95. The first kappa shape index (κ1) is 30.8. The van der Waals surface area contributed by atoms with Crippen molar-refractivity contribution in [3.8, 4) is 11.5 Å². The van der Waals surface area contributed by atoms with E-state index in [9.17, 15) is 22.4 Å². The second kappa shape index (κ2) is 14.2. The summed E-state index contributed by atoms with van der Waals surface area (Å²) < 4.78 is 51.5. The Kier molecular flexibility index (Phi) is 10.4. The zero-order chi connectivity index (χ0) is 30.1. The van der Waals surface area contributed by atoms with Gasteiger partial charge in [-0.3, -0.25) is 13.9 Å². The molecule has 0 saturated carbocycles. The van der Waals surface area contributed by atoms with E-state index in [0.717, 1.165) is 11.8 Å². The van der Waals surface area contributed by atoms with Gasteiger partial charge < -0.3 is 19.7 Å². The number of halogens is 1. The highest BCUT2D eigenvalue weighted by atomic mass is 32.2. The highest BCUT2D eigenvalue weighted by Crippen LogP contribution is 2.34. The smallest absolute Gasteiger partial charge is 0.243 e. The molecule has 0 unspecified atom stereocenters. The van der Waals surface area contributed by atoms with Crippen molar-refractivity contribution in [2.45, 2.75) is 38.8 Å². The number of benzene rings is 3. The molecule has 0 spiro atoms. The molecule has 0 radical (unpaired) electrons. The third kappa shape index (κ3) is 8.22. The van der Waals surface area contributed by atoms with E-state index in [4.69, 9.17) is 9.47 Å². The minimum absolute atomic E-state index is 0.0114. The first-order chi connectivity index (χ1) is 20.2. The quantitative estimate of drug-likeness (QED) is 0.320. The average Bonchev–Trinajstić information content (AvgIpc) is 2.97. The van der Waals surface area contributed by atoms with Gasteiger partial charge in [0.15, 0.2) is 11.5 Å². The number of carbonyl (C=O) groups excluding carboxylic acids is 2. The van der Waals surface area contributed by atoms with E-state index in [1.165, 1.54) is 21.3 Å². The molecule has 0 fully saturated rings. The van der Waals surface area contributed by atoms with Gasteiger partial charge in [0.2, 0.25) is 21.8 Å². The minimum atomic E-state index is -3.68. The molecule has 224 valence electrons. The minimum Gasteiger partial charge on any atom is -0.486 e. The van der Waals surface area contributed by atoms with Crippen LogP contribution < -0.4 is 19.1 Å². The van der Waals surface area contributed by atoms with Crippen molar-refractivity contribution < 1.29 is 31.9 Å². The second-order valence-corrected chi connectivity index (χ2v) is 11.9. The third-order valence-corrected chi connectivity index (χ3v) is 8.05. The van der Waals surface area contributed by atoms with Crippen molar-refractivity contribution in [1.82, 2.24) is 10.2 Å². The predicted octanol–water partition coefficient (Wildman–Crippen LogP) is 3.92. The normalized spacial score (nSPS) is 13.2. The van der Waals surface area contributed by atoms with E-state index >= 15 is 0 Å². The van der Waals surface area contributed by atoms with Gasteiger partial charge in [-0.1, -0.05) is 42.5 Å². The lowest BCUT2D eigenvalue weighted by Crippen LogP contribution is -2.50. The molecule has 0 aromatic heterocycles. The van der Waals surface area contributed by atoms with Gasteiger partial charge in [-0.2, -0.15) is 0 Å². The predicted molar refractivity (Wildman–Crippen MR) is 158 cm³/mol. The highest BCUT2D eigenvalue weighted by Gasteiger charge is 2.30. The summed E-state index contributed by atoms with van der Waals surface area (Å²) in [4.78, 5) is 28.6. The molecule has 1 atom stereocenters. The molecule has 1 heterocycles. The zero-order valence-electron chi connectivity index (χ0n) is 23.8. The lowest BCUT2D eigenvalue weighted by molar-refractivity contribution is -0.141. The molecule has 1 aliphatic heterocycles. The van der Waals surface area contributed by atoms with Gasteiger partial charge >= 0.3 is 0 Å². The number of anilines is 1. The van der Waals surface area contributed by atoms with Gasteiger partial charge in [0.05, 0.1) is 11.9 Å². The Bertz CT molecular complexity index is 1470. The number of nitrogens with zero attached hydrogens (tertiary/aromatic N) is 2. The largest absolute Gasteiger partial charge is 0.486 e. The Morgan fingerprint density at radius 1 is 0.952 bits per heavy atom. The van der Waals surface area contributed by atoms with Crippen molar-refractivity contribution in [2.75, 3.05) is 36.9 Å². The molecule has 0 saturated heterocycles. The maximum atomic E-state index is 13.8. The maximum Gasteiger partial charge on any atom is 0.243 e. The summed E-state index contributed by atoms with van der Waals surface area (Å²) in [6, 6.07) is 19.3. The summed E-state index contributed by atoms with van der Waals surface area (Å²) in [6.45, 7) is 3.11. The van der Waals surface area contributed by atoms with Crippen molar-refractivity contribution in [2.24, 2.45) is 0 Å². The van der Waals surface area contributed by atoms with Crippen molar-refractivity contribution >= 4 is 27.5 Å². The Labute approximate surface area is 246 Å². The first-order valence-electron chi connectivity index (χ1n) is 13.9. The van der Waals surface area contributed by atoms with Crippen LogP contribution in [0.3, 0.4) is 0 Å². The van der Waals surface area contributed by atoms with Crippen molar-refractivity contribution in [1.29, 1.82) is 0 Å². The van der Waals surface area contributed by atoms with E-state index in [0.29, 0.717) is 42.5 Å². The zero-order valence-corrected chi connectivity index (χ0v) is 24.6. The van der Waals surface area contributed by atoms with Crippen molar-refractivity contribution in [3.05, 3.63) is 89.7 Å². The standard InChI is InChI=1S/C31H36FN3O6S/c1-3-33-31(37)27(20-23-8-5-4-6-9-23)34(22-24-11-13-25(32)14-12-24)30(36)10-7-17-35(42(2,38)39)26-15-16-28-29(21-26)41-19-18-40-28/h4-6,8-9,11-16,21,27H,3,7,10,17-20,22H2,1-2H3,(H,33,37)/t27-/m1/s1. The number of carbonyl (C=O) groups is 2. The molecular formula is C31H36FN3O6S. The van der Waals surface area contributed by atoms with E-state index in [2.05, 4.69) is 5.32 Å². The monoisotopic (exact) mass is 597 g/mol. The van der Waals surface area contributed by atoms with E-state index in [-0.39, 0.29) is 44.2 Å². The number of rotatable bonds is 13. The van der Waals surface area contributed by atoms with Gasteiger partial charge in [-0.05, 0) is 48.7 Å². The van der Waals surface area contributed by atoms with Crippen LogP contribution in [-0.4, -0.2) is 63.7 Å². The number of ether oxygens (including phenoxy) is 2. The Morgan fingerprint density at radius 2 is 1.64 bits per heavy atom. The van der Waals surface area contributed by atoms with Gasteiger partial charge in [0.25, 0.3) is 0 Å². The number of sulfonamides is 1. The Balaban J connectivity index is 1.55. The Hall–Kier alpha value is -4.12. The number of hydrogen-bond donors (Lipinski definition) is 1. The number of hydrogen-bond acceptors (Lipinski definition) is 6. The maximum absolute atomic E-state index is 13.8. The van der Waals surface area contributed by atoms with E-state index in [1.54, 1.807) is 37.3 Å². The highest BCUT2D eigenvalue weighted by molar-refractivity contribution is 7.92. The molecule has 1 aliphatic rings. The fourth-order valence-electron chi connectivity index (χ4n) is 4.82. The van der Waals surface area contributed by atoms with Crippen LogP contribution in [0.1, 0.15) is 30.9 Å². The fourth-order valence-corrected chi connectivity index (χ4v) is 5.78. The number of fused-ring (bicyclic) bond motifs is 1. The molecule has 0 bridgehead atoms. The van der Waals surface area contributed by atoms with Crippen LogP contribution in [-0.2, 0) is 32.6 Å². The van der Waals surface area contributed by atoms with E-state index in [1.807, 2.05) is 30.3 Å². The van der Waals surface area contributed by atoms with Crippen LogP contribution in [0.2, 0.25) is 0 Å². The van der Waals surface area contributed by atoms with Gasteiger partial charge in [0, 0.05) is 38.5 Å². The molecule has 11 heteroatoms. The molecule has 9 nitrogen and oxygen atoms in total. The SMILES string of the molecule is CCNC(=O)[C@@H](Cc1ccccc1)N(Cc1ccc(F)cc1)C(=O)CCCN(c1ccc2c(c1)OCCO2)S(C)(=O)=O. The number of nitrogens with one attached hydrogen (secondary N) is 1. The summed E-state index contributed by atoms with van der Waals surface area (Å²) >= 11 is 0.